The Bertz CT molecular complexity index is 356. The van der Waals surface area contributed by atoms with E-state index in [4.69, 9.17) is 14.2 Å². The minimum atomic E-state index is 0.267. The lowest BCUT2D eigenvalue weighted by molar-refractivity contribution is 0.248. The van der Waals surface area contributed by atoms with E-state index in [1.807, 2.05) is 43.3 Å². The van der Waals surface area contributed by atoms with Gasteiger partial charge in [-0.05, 0) is 19.1 Å². The average molecular weight is 220 g/mol. The molecular weight excluding hydrogens is 204 g/mol. The van der Waals surface area contributed by atoms with Crippen LogP contribution >= 0.6 is 0 Å². The summed E-state index contributed by atoms with van der Waals surface area (Å²) < 4.78 is 16.3. The molecule has 1 fully saturated rings. The zero-order valence-corrected chi connectivity index (χ0v) is 9.39. The molecule has 0 N–H and O–H groups in total. The fourth-order valence-electron chi connectivity index (χ4n) is 1.27. The highest BCUT2D eigenvalue weighted by Gasteiger charge is 2.23. The molecule has 0 aromatic heterocycles. The van der Waals surface area contributed by atoms with Crippen LogP contribution in [-0.2, 0) is 4.74 Å². The molecule has 0 amide bonds. The molecule has 0 radical (unpaired) electrons. The molecule has 1 heterocycles. The number of benzene rings is 1. The van der Waals surface area contributed by atoms with Crippen LogP contribution in [0.2, 0.25) is 0 Å². The molecule has 86 valence electrons. The van der Waals surface area contributed by atoms with Crippen molar-refractivity contribution < 1.29 is 14.2 Å². The summed E-state index contributed by atoms with van der Waals surface area (Å²) in [4.78, 5) is 0. The largest absolute Gasteiger partial charge is 0.487 e. The monoisotopic (exact) mass is 220 g/mol. The first-order valence-electron chi connectivity index (χ1n) is 5.47. The molecule has 2 rings (SSSR count). The number of epoxide rings is 1. The van der Waals surface area contributed by atoms with Gasteiger partial charge in [-0.3, -0.25) is 0 Å². The van der Waals surface area contributed by atoms with Crippen LogP contribution in [0.1, 0.15) is 6.92 Å². The molecule has 16 heavy (non-hydrogen) atoms. The van der Waals surface area contributed by atoms with E-state index in [1.54, 1.807) is 0 Å². The maximum absolute atomic E-state index is 5.62. The van der Waals surface area contributed by atoms with Crippen LogP contribution in [0.3, 0.4) is 0 Å². The minimum absolute atomic E-state index is 0.267. The summed E-state index contributed by atoms with van der Waals surface area (Å²) in [5, 5.41) is 0. The maximum atomic E-state index is 5.62. The minimum Gasteiger partial charge on any atom is -0.487 e. The summed E-state index contributed by atoms with van der Waals surface area (Å²) in [6, 6.07) is 7.69. The highest BCUT2D eigenvalue weighted by Crippen LogP contribution is 2.27. The number of ether oxygens (including phenoxy) is 3. The van der Waals surface area contributed by atoms with Gasteiger partial charge in [-0.1, -0.05) is 24.3 Å². The van der Waals surface area contributed by atoms with E-state index >= 15 is 0 Å². The van der Waals surface area contributed by atoms with Crippen molar-refractivity contribution in [3.8, 4) is 11.5 Å². The summed E-state index contributed by atoms with van der Waals surface area (Å²) in [7, 11) is 0. The zero-order chi connectivity index (χ0) is 11.2. The lowest BCUT2D eigenvalue weighted by Crippen LogP contribution is -2.05. The fraction of sp³-hybridized carbons (Fsp3) is 0.385. The SMILES string of the molecule is C/C=C\COc1ccccc1OCC1CO1. The predicted octanol–water partition coefficient (Wildman–Crippen LogP) is 2.42. The summed E-state index contributed by atoms with van der Waals surface area (Å²) in [5.41, 5.74) is 0. The van der Waals surface area contributed by atoms with Gasteiger partial charge in [0, 0.05) is 0 Å². The lowest BCUT2D eigenvalue weighted by atomic mass is 10.3. The second kappa shape index (κ2) is 5.56. The molecular formula is C13H16O3. The first kappa shape index (κ1) is 11.0. The van der Waals surface area contributed by atoms with Gasteiger partial charge in [-0.15, -0.1) is 0 Å². The third kappa shape index (κ3) is 3.28. The van der Waals surface area contributed by atoms with Gasteiger partial charge in [0.1, 0.15) is 19.3 Å². The third-order valence-corrected chi connectivity index (χ3v) is 2.25. The molecule has 0 bridgehead atoms. The summed E-state index contributed by atoms with van der Waals surface area (Å²) in [5.74, 6) is 1.56. The van der Waals surface area contributed by atoms with Crippen molar-refractivity contribution in [3.63, 3.8) is 0 Å². The van der Waals surface area contributed by atoms with Crippen molar-refractivity contribution in [1.29, 1.82) is 0 Å². The van der Waals surface area contributed by atoms with Crippen molar-refractivity contribution in [2.75, 3.05) is 19.8 Å². The molecule has 0 aliphatic carbocycles. The number of allylic oxidation sites excluding steroid dienone is 1. The van der Waals surface area contributed by atoms with Gasteiger partial charge < -0.3 is 14.2 Å². The number of rotatable bonds is 6. The Labute approximate surface area is 95.6 Å². The highest BCUT2D eigenvalue weighted by molar-refractivity contribution is 5.39. The topological polar surface area (TPSA) is 31.0 Å². The van der Waals surface area contributed by atoms with E-state index < -0.39 is 0 Å². The van der Waals surface area contributed by atoms with Gasteiger partial charge in [-0.25, -0.2) is 0 Å². The van der Waals surface area contributed by atoms with Crippen molar-refractivity contribution in [3.05, 3.63) is 36.4 Å². The smallest absolute Gasteiger partial charge is 0.161 e. The molecule has 1 aliphatic rings. The van der Waals surface area contributed by atoms with Crippen LogP contribution in [0.4, 0.5) is 0 Å². The highest BCUT2D eigenvalue weighted by atomic mass is 16.6. The van der Waals surface area contributed by atoms with Crippen LogP contribution in [-0.4, -0.2) is 25.9 Å². The molecule has 1 unspecified atom stereocenters. The normalized spacial score (nSPS) is 18.7. The van der Waals surface area contributed by atoms with Gasteiger partial charge in [0.15, 0.2) is 11.5 Å². The molecule has 1 atom stereocenters. The Morgan fingerprint density at radius 2 is 2.00 bits per heavy atom. The second-order valence-corrected chi connectivity index (χ2v) is 3.59. The average Bonchev–Trinajstić information content (AvgIpc) is 3.12. The van der Waals surface area contributed by atoms with Crippen molar-refractivity contribution in [2.24, 2.45) is 0 Å². The van der Waals surface area contributed by atoms with E-state index in [9.17, 15) is 0 Å². The Morgan fingerprint density at radius 1 is 1.31 bits per heavy atom. The molecule has 0 spiro atoms. The van der Waals surface area contributed by atoms with Gasteiger partial charge >= 0.3 is 0 Å². The Kier molecular flexibility index (Phi) is 3.83. The lowest BCUT2D eigenvalue weighted by Gasteiger charge is -2.10. The standard InChI is InChI=1S/C13H16O3/c1-2-3-8-14-12-6-4-5-7-13(12)16-10-11-9-15-11/h2-7,11H,8-10H2,1H3/b3-2-. The summed E-state index contributed by atoms with van der Waals surface area (Å²) >= 11 is 0. The Hall–Kier alpha value is -1.48. The molecule has 1 aromatic carbocycles. The van der Waals surface area contributed by atoms with E-state index in [1.165, 1.54) is 0 Å². The molecule has 3 nitrogen and oxygen atoms in total. The molecule has 0 saturated carbocycles. The van der Waals surface area contributed by atoms with E-state index in [0.29, 0.717) is 13.2 Å². The van der Waals surface area contributed by atoms with Crippen LogP contribution in [0.5, 0.6) is 11.5 Å². The van der Waals surface area contributed by atoms with Gasteiger partial charge in [0.2, 0.25) is 0 Å². The van der Waals surface area contributed by atoms with Crippen molar-refractivity contribution in [1.82, 2.24) is 0 Å². The van der Waals surface area contributed by atoms with Crippen molar-refractivity contribution >= 4 is 0 Å². The molecule has 1 saturated heterocycles. The van der Waals surface area contributed by atoms with E-state index in [-0.39, 0.29) is 6.10 Å². The first-order chi connectivity index (χ1) is 7.90. The van der Waals surface area contributed by atoms with Gasteiger partial charge in [0.25, 0.3) is 0 Å². The zero-order valence-electron chi connectivity index (χ0n) is 9.39. The fourth-order valence-corrected chi connectivity index (χ4v) is 1.27. The Morgan fingerprint density at radius 3 is 2.62 bits per heavy atom. The second-order valence-electron chi connectivity index (χ2n) is 3.59. The number of para-hydroxylation sites is 2. The molecule has 1 aromatic rings. The van der Waals surface area contributed by atoms with Gasteiger partial charge in [-0.2, -0.15) is 0 Å². The van der Waals surface area contributed by atoms with Crippen LogP contribution in [0, 0.1) is 0 Å². The van der Waals surface area contributed by atoms with E-state index in [2.05, 4.69) is 0 Å². The third-order valence-electron chi connectivity index (χ3n) is 2.25. The van der Waals surface area contributed by atoms with Crippen LogP contribution < -0.4 is 9.47 Å². The number of hydrogen-bond acceptors (Lipinski definition) is 3. The Balaban J connectivity index is 1.92. The van der Waals surface area contributed by atoms with Crippen molar-refractivity contribution in [2.45, 2.75) is 13.0 Å². The first-order valence-corrected chi connectivity index (χ1v) is 5.47. The van der Waals surface area contributed by atoms with E-state index in [0.717, 1.165) is 18.1 Å². The molecule has 1 aliphatic heterocycles. The predicted molar refractivity (Wildman–Crippen MR) is 62.0 cm³/mol. The quantitative estimate of drug-likeness (QED) is 0.545. The van der Waals surface area contributed by atoms with Crippen LogP contribution in [0.15, 0.2) is 36.4 Å². The maximum Gasteiger partial charge on any atom is 0.161 e. The summed E-state index contributed by atoms with van der Waals surface area (Å²) in [6.45, 7) is 3.94. The van der Waals surface area contributed by atoms with Gasteiger partial charge in [0.05, 0.1) is 6.61 Å². The molecule has 3 heteroatoms. The number of hydrogen-bond donors (Lipinski definition) is 0. The van der Waals surface area contributed by atoms with Crippen LogP contribution in [0.25, 0.3) is 0 Å². The summed E-state index contributed by atoms with van der Waals surface area (Å²) in [6.07, 6.45) is 4.19.